The molecule has 168 valence electrons. The number of likely N-dealkylation sites (N-methyl/N-ethyl adjacent to an activating group) is 1. The van der Waals surface area contributed by atoms with Crippen LogP contribution in [0.3, 0.4) is 0 Å². The van der Waals surface area contributed by atoms with Crippen LogP contribution in [0.1, 0.15) is 40.5 Å². The molecular formula is C24H39BN6. The molecule has 0 unspecified atom stereocenters. The van der Waals surface area contributed by atoms with Crippen molar-refractivity contribution in [1.82, 2.24) is 24.4 Å². The Morgan fingerprint density at radius 2 is 1.55 bits per heavy atom. The second-order valence-electron chi connectivity index (χ2n) is 11.6. The highest BCUT2D eigenvalue weighted by atomic mass is 15.3. The average molecular weight is 422 g/mol. The summed E-state index contributed by atoms with van der Waals surface area (Å²) in [5, 5.41) is 4.72. The van der Waals surface area contributed by atoms with Gasteiger partial charge in [0.1, 0.15) is 5.65 Å². The molecule has 5 rings (SSSR count). The van der Waals surface area contributed by atoms with Crippen molar-refractivity contribution in [2.24, 2.45) is 10.8 Å². The molecule has 0 amide bonds. The van der Waals surface area contributed by atoms with Gasteiger partial charge < -0.3 is 9.80 Å². The molecule has 0 radical (unpaired) electrons. The molecule has 3 aliphatic rings. The molecule has 2 aromatic rings. The molecule has 0 saturated carbocycles. The smallest absolute Gasteiger partial charge is 0.184 e. The van der Waals surface area contributed by atoms with E-state index in [9.17, 15) is 0 Å². The molecular weight excluding hydrogens is 383 g/mol. The normalized spacial score (nSPS) is 25.6. The number of hydrogen-bond acceptors (Lipinski definition) is 5. The summed E-state index contributed by atoms with van der Waals surface area (Å²) in [4.78, 5) is 12.6. The first-order valence-electron chi connectivity index (χ1n) is 12.2. The van der Waals surface area contributed by atoms with Crippen LogP contribution in [0.5, 0.6) is 0 Å². The van der Waals surface area contributed by atoms with E-state index in [1.165, 1.54) is 62.8 Å². The highest BCUT2D eigenvalue weighted by Gasteiger charge is 2.48. The third-order valence-electron chi connectivity index (χ3n) is 9.04. The molecule has 31 heavy (non-hydrogen) atoms. The van der Waals surface area contributed by atoms with Gasteiger partial charge in [-0.25, -0.2) is 9.50 Å². The largest absolute Gasteiger partial charge is 0.369 e. The minimum Gasteiger partial charge on any atom is -0.369 e. The Morgan fingerprint density at radius 1 is 0.903 bits per heavy atom. The fraction of sp³-hybridized carbons (Fsp3) is 0.750. The molecule has 3 aliphatic heterocycles. The lowest BCUT2D eigenvalue weighted by Crippen LogP contribution is -2.52. The standard InChI is InChI=1S/C24H39BN6/c1-23(2)17-25(18-24(23,3)4)21-15-27-31-16-20(14-26-22(21)31)29-8-6-19(7-9-29)30-12-10-28(5)11-13-30/h14-16,19H,6-13,17-18H2,1-5H3. The van der Waals surface area contributed by atoms with Crippen LogP contribution in [-0.4, -0.2) is 83.5 Å². The van der Waals surface area contributed by atoms with E-state index in [-0.39, 0.29) is 0 Å². The molecule has 0 atom stereocenters. The molecule has 7 heteroatoms. The van der Waals surface area contributed by atoms with Crippen molar-refractivity contribution in [2.45, 2.75) is 59.2 Å². The van der Waals surface area contributed by atoms with Gasteiger partial charge in [0, 0.05) is 51.5 Å². The maximum atomic E-state index is 4.92. The first kappa shape index (κ1) is 21.3. The van der Waals surface area contributed by atoms with Crippen LogP contribution < -0.4 is 10.4 Å². The van der Waals surface area contributed by atoms with Gasteiger partial charge in [-0.15, -0.1) is 0 Å². The summed E-state index contributed by atoms with van der Waals surface area (Å²) in [6, 6.07) is 0.743. The number of piperazine rings is 1. The SMILES string of the molecule is CN1CCN(C2CCN(c3cnc4c(B5CC(C)(C)C(C)(C)C5)cnn4c3)CC2)CC1. The van der Waals surface area contributed by atoms with Crippen LogP contribution in [0.15, 0.2) is 18.6 Å². The van der Waals surface area contributed by atoms with Crippen LogP contribution in [0.2, 0.25) is 12.6 Å². The minimum atomic E-state index is 0.347. The number of anilines is 1. The third-order valence-corrected chi connectivity index (χ3v) is 9.04. The van der Waals surface area contributed by atoms with Crippen LogP contribution in [0, 0.1) is 10.8 Å². The highest BCUT2D eigenvalue weighted by Crippen LogP contribution is 2.52. The van der Waals surface area contributed by atoms with Gasteiger partial charge in [-0.1, -0.05) is 40.3 Å². The Kier molecular flexibility index (Phi) is 5.33. The molecule has 0 bridgehead atoms. The molecule has 6 nitrogen and oxygen atoms in total. The summed E-state index contributed by atoms with van der Waals surface area (Å²) in [7, 11) is 2.23. The first-order chi connectivity index (χ1) is 14.7. The fourth-order valence-corrected chi connectivity index (χ4v) is 6.09. The van der Waals surface area contributed by atoms with Gasteiger partial charge in [-0.05, 0) is 36.2 Å². The highest BCUT2D eigenvalue weighted by molar-refractivity contribution is 6.75. The van der Waals surface area contributed by atoms with Crippen molar-refractivity contribution in [2.75, 3.05) is 51.2 Å². The summed E-state index contributed by atoms with van der Waals surface area (Å²) in [6.45, 7) is 17.3. The molecule has 2 aromatic heterocycles. The van der Waals surface area contributed by atoms with Crippen LogP contribution in [0.4, 0.5) is 5.69 Å². The molecule has 0 N–H and O–H groups in total. The fourth-order valence-electron chi connectivity index (χ4n) is 6.09. The zero-order chi connectivity index (χ0) is 21.8. The number of hydrogen-bond donors (Lipinski definition) is 0. The zero-order valence-corrected chi connectivity index (χ0v) is 20.1. The van der Waals surface area contributed by atoms with Crippen molar-refractivity contribution >= 4 is 23.5 Å². The maximum Gasteiger partial charge on any atom is 0.184 e. The number of aromatic nitrogens is 3. The molecule has 0 aromatic carbocycles. The molecule has 0 spiro atoms. The molecule has 3 fully saturated rings. The Labute approximate surface area is 188 Å². The number of rotatable bonds is 3. The van der Waals surface area contributed by atoms with E-state index in [1.54, 1.807) is 0 Å². The lowest BCUT2D eigenvalue weighted by molar-refractivity contribution is 0.0982. The van der Waals surface area contributed by atoms with E-state index in [0.29, 0.717) is 17.5 Å². The number of nitrogens with zero attached hydrogens (tertiary/aromatic N) is 6. The van der Waals surface area contributed by atoms with Crippen LogP contribution in [0.25, 0.3) is 5.65 Å². The second-order valence-corrected chi connectivity index (χ2v) is 11.6. The van der Waals surface area contributed by atoms with Crippen molar-refractivity contribution in [3.63, 3.8) is 0 Å². The van der Waals surface area contributed by atoms with Crippen molar-refractivity contribution in [3.05, 3.63) is 18.6 Å². The molecule has 5 heterocycles. The van der Waals surface area contributed by atoms with Crippen LogP contribution in [-0.2, 0) is 0 Å². The number of piperidine rings is 1. The lowest BCUT2D eigenvalue weighted by Gasteiger charge is -2.42. The summed E-state index contributed by atoms with van der Waals surface area (Å²) in [5.74, 6) is 0. The summed E-state index contributed by atoms with van der Waals surface area (Å²) in [6.07, 6.45) is 11.3. The summed E-state index contributed by atoms with van der Waals surface area (Å²) >= 11 is 0. The van der Waals surface area contributed by atoms with Gasteiger partial charge in [-0.3, -0.25) is 4.90 Å². The van der Waals surface area contributed by atoms with E-state index in [2.05, 4.69) is 68.0 Å². The summed E-state index contributed by atoms with van der Waals surface area (Å²) < 4.78 is 2.02. The predicted octanol–water partition coefficient (Wildman–Crippen LogP) is 2.71. The summed E-state index contributed by atoms with van der Waals surface area (Å²) in [5.41, 5.74) is 4.29. The van der Waals surface area contributed by atoms with E-state index in [4.69, 9.17) is 10.1 Å². The zero-order valence-electron chi connectivity index (χ0n) is 20.1. The van der Waals surface area contributed by atoms with Crippen molar-refractivity contribution < 1.29 is 0 Å². The molecule has 0 aliphatic carbocycles. The lowest BCUT2D eigenvalue weighted by atomic mass is 9.42. The van der Waals surface area contributed by atoms with Gasteiger partial charge >= 0.3 is 0 Å². The monoisotopic (exact) mass is 422 g/mol. The van der Waals surface area contributed by atoms with Gasteiger partial charge in [0.05, 0.1) is 18.1 Å². The van der Waals surface area contributed by atoms with E-state index in [0.717, 1.165) is 24.8 Å². The van der Waals surface area contributed by atoms with Gasteiger partial charge in [-0.2, -0.15) is 5.10 Å². The average Bonchev–Trinajstić information content (AvgIpc) is 3.25. The third kappa shape index (κ3) is 3.88. The van der Waals surface area contributed by atoms with E-state index in [1.807, 2.05) is 4.52 Å². The minimum absolute atomic E-state index is 0.347. The Hall–Kier alpha value is -1.60. The Balaban J connectivity index is 1.27. The Morgan fingerprint density at radius 3 is 2.19 bits per heavy atom. The quantitative estimate of drug-likeness (QED) is 0.712. The van der Waals surface area contributed by atoms with Gasteiger partial charge in [0.15, 0.2) is 6.71 Å². The van der Waals surface area contributed by atoms with E-state index >= 15 is 0 Å². The second kappa shape index (κ2) is 7.77. The molecule has 3 saturated heterocycles. The van der Waals surface area contributed by atoms with Gasteiger partial charge in [0.2, 0.25) is 0 Å². The van der Waals surface area contributed by atoms with E-state index < -0.39 is 0 Å². The number of fused-ring (bicyclic) bond motifs is 1. The topological polar surface area (TPSA) is 39.9 Å². The maximum absolute atomic E-state index is 4.92. The van der Waals surface area contributed by atoms with Crippen LogP contribution >= 0.6 is 0 Å². The predicted molar refractivity (Wildman–Crippen MR) is 130 cm³/mol. The van der Waals surface area contributed by atoms with Crippen molar-refractivity contribution in [1.29, 1.82) is 0 Å². The van der Waals surface area contributed by atoms with Gasteiger partial charge in [0.25, 0.3) is 0 Å². The first-order valence-corrected chi connectivity index (χ1v) is 12.2. The Bertz CT molecular complexity index is 905. The van der Waals surface area contributed by atoms with Crippen molar-refractivity contribution in [3.8, 4) is 0 Å².